The second-order valence-electron chi connectivity index (χ2n) is 4.92. The van der Waals surface area contributed by atoms with Gasteiger partial charge in [0.1, 0.15) is 12.1 Å². The van der Waals surface area contributed by atoms with E-state index in [4.69, 9.17) is 0 Å². The molecule has 0 spiro atoms. The number of aromatic nitrogens is 2. The number of piperazine rings is 1. The van der Waals surface area contributed by atoms with E-state index >= 15 is 0 Å². The molecule has 0 atom stereocenters. The molecule has 0 radical (unpaired) electrons. The molecule has 1 aromatic heterocycles. The van der Waals surface area contributed by atoms with Crippen LogP contribution in [0.25, 0.3) is 11.3 Å². The van der Waals surface area contributed by atoms with E-state index < -0.39 is 0 Å². The number of hydrogen-bond acceptors (Lipinski definition) is 4. The zero-order valence-corrected chi connectivity index (χ0v) is 13.6. The molecule has 3 rings (SSSR count). The molecule has 0 N–H and O–H groups in total. The topological polar surface area (TPSA) is 32.3 Å². The molecule has 4 nitrogen and oxygen atoms in total. The van der Waals surface area contributed by atoms with Crippen LogP contribution in [-0.4, -0.2) is 48.1 Å². The van der Waals surface area contributed by atoms with Gasteiger partial charge in [-0.15, -0.1) is 24.8 Å². The highest BCUT2D eigenvalue weighted by Gasteiger charge is 2.15. The first-order chi connectivity index (χ1) is 9.33. The Labute approximate surface area is 138 Å². The van der Waals surface area contributed by atoms with Crippen molar-refractivity contribution in [1.82, 2.24) is 14.9 Å². The van der Waals surface area contributed by atoms with Gasteiger partial charge >= 0.3 is 0 Å². The maximum Gasteiger partial charge on any atom is 0.132 e. The van der Waals surface area contributed by atoms with Crippen molar-refractivity contribution in [3.05, 3.63) is 42.7 Å². The van der Waals surface area contributed by atoms with Crippen molar-refractivity contribution < 1.29 is 0 Å². The Morgan fingerprint density at radius 2 is 1.57 bits per heavy atom. The summed E-state index contributed by atoms with van der Waals surface area (Å²) in [5.74, 6) is 1.03. The minimum atomic E-state index is 0. The van der Waals surface area contributed by atoms with Crippen LogP contribution in [0.5, 0.6) is 0 Å². The fourth-order valence-corrected chi connectivity index (χ4v) is 2.32. The van der Waals surface area contributed by atoms with Crippen molar-refractivity contribution >= 4 is 30.6 Å². The Morgan fingerprint density at radius 3 is 2.24 bits per heavy atom. The average molecular weight is 327 g/mol. The van der Waals surface area contributed by atoms with Gasteiger partial charge in [-0.05, 0) is 7.05 Å². The smallest absolute Gasteiger partial charge is 0.132 e. The lowest BCUT2D eigenvalue weighted by Crippen LogP contribution is -2.44. The summed E-state index contributed by atoms with van der Waals surface area (Å²) in [6, 6.07) is 12.3. The summed E-state index contributed by atoms with van der Waals surface area (Å²) in [6.07, 6.45) is 1.66. The van der Waals surface area contributed by atoms with Crippen molar-refractivity contribution in [2.45, 2.75) is 0 Å². The van der Waals surface area contributed by atoms with Crippen LogP contribution in [0.4, 0.5) is 5.82 Å². The van der Waals surface area contributed by atoms with Gasteiger partial charge in [-0.1, -0.05) is 30.3 Å². The number of nitrogens with zero attached hydrogens (tertiary/aromatic N) is 4. The number of rotatable bonds is 2. The number of benzene rings is 1. The first-order valence-electron chi connectivity index (χ1n) is 6.64. The minimum absolute atomic E-state index is 0. The third-order valence-electron chi connectivity index (χ3n) is 3.55. The minimum Gasteiger partial charge on any atom is -0.354 e. The summed E-state index contributed by atoms with van der Waals surface area (Å²) in [4.78, 5) is 13.5. The van der Waals surface area contributed by atoms with Crippen LogP contribution in [-0.2, 0) is 0 Å². The summed E-state index contributed by atoms with van der Waals surface area (Å²) in [5, 5.41) is 0. The van der Waals surface area contributed by atoms with Crippen molar-refractivity contribution in [2.75, 3.05) is 38.1 Å². The number of anilines is 1. The van der Waals surface area contributed by atoms with E-state index in [2.05, 4.69) is 45.0 Å². The van der Waals surface area contributed by atoms with Crippen LogP contribution >= 0.6 is 24.8 Å². The molecule has 114 valence electrons. The van der Waals surface area contributed by atoms with E-state index in [1.165, 1.54) is 0 Å². The van der Waals surface area contributed by atoms with Gasteiger partial charge in [0.2, 0.25) is 0 Å². The molecular formula is C15H20Cl2N4. The standard InChI is InChI=1S/C15H18N4.2ClH/c1-18-7-9-19(10-8-18)15-11-14(16-12-17-15)13-5-3-2-4-6-13;;/h2-6,11-12H,7-10H2,1H3;2*1H. The SMILES string of the molecule is CN1CCN(c2cc(-c3ccccc3)ncn2)CC1.Cl.Cl. The van der Waals surface area contributed by atoms with Gasteiger partial charge in [0, 0.05) is 37.8 Å². The molecule has 0 unspecified atom stereocenters. The van der Waals surface area contributed by atoms with Crippen LogP contribution in [0, 0.1) is 0 Å². The lowest BCUT2D eigenvalue weighted by atomic mass is 10.1. The molecular weight excluding hydrogens is 307 g/mol. The lowest BCUT2D eigenvalue weighted by Gasteiger charge is -2.33. The van der Waals surface area contributed by atoms with E-state index in [9.17, 15) is 0 Å². The second kappa shape index (κ2) is 8.17. The molecule has 1 saturated heterocycles. The Morgan fingerprint density at radius 1 is 0.905 bits per heavy atom. The molecule has 1 aromatic carbocycles. The van der Waals surface area contributed by atoms with E-state index in [1.807, 2.05) is 18.2 Å². The van der Waals surface area contributed by atoms with Crippen LogP contribution in [0.2, 0.25) is 0 Å². The second-order valence-corrected chi connectivity index (χ2v) is 4.92. The number of halogens is 2. The van der Waals surface area contributed by atoms with Gasteiger partial charge in [0.15, 0.2) is 0 Å². The summed E-state index contributed by atoms with van der Waals surface area (Å²) in [6.45, 7) is 4.23. The molecule has 2 aromatic rings. The number of hydrogen-bond donors (Lipinski definition) is 0. The largest absolute Gasteiger partial charge is 0.354 e. The van der Waals surface area contributed by atoms with Crippen molar-refractivity contribution in [3.8, 4) is 11.3 Å². The maximum atomic E-state index is 4.41. The molecule has 6 heteroatoms. The molecule has 0 aliphatic carbocycles. The molecule has 1 aliphatic heterocycles. The van der Waals surface area contributed by atoms with Gasteiger partial charge in [-0.2, -0.15) is 0 Å². The average Bonchev–Trinajstić information content (AvgIpc) is 2.49. The molecule has 0 amide bonds. The predicted octanol–water partition coefficient (Wildman–Crippen LogP) is 2.74. The van der Waals surface area contributed by atoms with Gasteiger partial charge in [0.25, 0.3) is 0 Å². The Balaban J connectivity index is 0.00000110. The predicted molar refractivity (Wildman–Crippen MR) is 91.7 cm³/mol. The zero-order chi connectivity index (χ0) is 13.1. The summed E-state index contributed by atoms with van der Waals surface area (Å²) in [7, 11) is 2.16. The van der Waals surface area contributed by atoms with Crippen LogP contribution in [0.3, 0.4) is 0 Å². The third kappa shape index (κ3) is 4.30. The highest BCUT2D eigenvalue weighted by molar-refractivity contribution is 5.85. The molecule has 1 fully saturated rings. The summed E-state index contributed by atoms with van der Waals surface area (Å²) in [5.41, 5.74) is 2.13. The Kier molecular flexibility index (Phi) is 6.89. The summed E-state index contributed by atoms with van der Waals surface area (Å²) < 4.78 is 0. The Hall–Kier alpha value is -1.36. The van der Waals surface area contributed by atoms with E-state index in [0.29, 0.717) is 0 Å². The molecule has 1 aliphatic rings. The normalized spacial score (nSPS) is 15.0. The highest BCUT2D eigenvalue weighted by Crippen LogP contribution is 2.20. The van der Waals surface area contributed by atoms with E-state index in [1.54, 1.807) is 6.33 Å². The van der Waals surface area contributed by atoms with E-state index in [-0.39, 0.29) is 24.8 Å². The molecule has 21 heavy (non-hydrogen) atoms. The van der Waals surface area contributed by atoms with Gasteiger partial charge in [-0.3, -0.25) is 0 Å². The van der Waals surface area contributed by atoms with Gasteiger partial charge in [0.05, 0.1) is 5.69 Å². The van der Waals surface area contributed by atoms with Crippen LogP contribution in [0.15, 0.2) is 42.7 Å². The van der Waals surface area contributed by atoms with Gasteiger partial charge in [-0.25, -0.2) is 9.97 Å². The summed E-state index contributed by atoms with van der Waals surface area (Å²) >= 11 is 0. The van der Waals surface area contributed by atoms with Crippen molar-refractivity contribution in [1.29, 1.82) is 0 Å². The lowest BCUT2D eigenvalue weighted by molar-refractivity contribution is 0.312. The molecule has 0 saturated carbocycles. The first-order valence-corrected chi connectivity index (χ1v) is 6.64. The maximum absolute atomic E-state index is 4.41. The van der Waals surface area contributed by atoms with E-state index in [0.717, 1.165) is 43.3 Å². The van der Waals surface area contributed by atoms with Gasteiger partial charge < -0.3 is 9.80 Å². The van der Waals surface area contributed by atoms with Crippen molar-refractivity contribution in [3.63, 3.8) is 0 Å². The Bertz CT molecular complexity index is 542. The third-order valence-corrected chi connectivity index (χ3v) is 3.55. The first kappa shape index (κ1) is 17.7. The zero-order valence-electron chi connectivity index (χ0n) is 12.0. The molecule has 2 heterocycles. The fraction of sp³-hybridized carbons (Fsp3) is 0.333. The highest BCUT2D eigenvalue weighted by atomic mass is 35.5. The van der Waals surface area contributed by atoms with Crippen LogP contribution < -0.4 is 4.90 Å². The monoisotopic (exact) mass is 326 g/mol. The van der Waals surface area contributed by atoms with Crippen molar-refractivity contribution in [2.24, 2.45) is 0 Å². The quantitative estimate of drug-likeness (QED) is 0.849. The fourth-order valence-electron chi connectivity index (χ4n) is 2.32. The molecule has 0 bridgehead atoms. The number of likely N-dealkylation sites (N-methyl/N-ethyl adjacent to an activating group) is 1. The van der Waals surface area contributed by atoms with Crippen LogP contribution in [0.1, 0.15) is 0 Å².